The van der Waals surface area contributed by atoms with Gasteiger partial charge in [-0.15, -0.1) is 11.3 Å². The van der Waals surface area contributed by atoms with Crippen LogP contribution in [0, 0.1) is 0 Å². The number of rotatable bonds is 2. The number of nitrogens with zero attached hydrogens (tertiary/aromatic N) is 2. The van der Waals surface area contributed by atoms with Crippen LogP contribution in [0.15, 0.2) is 70.8 Å². The highest BCUT2D eigenvalue weighted by molar-refractivity contribution is 9.10. The molecule has 2 aromatic carbocycles. The van der Waals surface area contributed by atoms with Crippen LogP contribution in [0.1, 0.15) is 0 Å². The standard InChI is InChI=1S/C19H12BrN3S/c20-13-6-7-16-14(8-13)15(9-21-16)18-11-24-19-22-17(10-23(18)19)12-4-2-1-3-5-12/h1-11,21H. The Morgan fingerprint density at radius 2 is 1.96 bits per heavy atom. The fourth-order valence-electron chi connectivity index (χ4n) is 3.03. The summed E-state index contributed by atoms with van der Waals surface area (Å²) in [5.74, 6) is 0. The zero-order valence-electron chi connectivity index (χ0n) is 12.5. The van der Waals surface area contributed by atoms with Crippen molar-refractivity contribution in [1.82, 2.24) is 14.4 Å². The minimum atomic E-state index is 1.00. The minimum Gasteiger partial charge on any atom is -0.360 e. The molecule has 0 bridgehead atoms. The Bertz CT molecular complexity index is 1170. The van der Waals surface area contributed by atoms with Crippen molar-refractivity contribution in [2.75, 3.05) is 0 Å². The third kappa shape index (κ3) is 2.12. The lowest BCUT2D eigenvalue weighted by Crippen LogP contribution is -1.82. The summed E-state index contributed by atoms with van der Waals surface area (Å²) in [6.45, 7) is 0. The van der Waals surface area contributed by atoms with Gasteiger partial charge in [0.05, 0.1) is 11.4 Å². The van der Waals surface area contributed by atoms with Crippen molar-refractivity contribution >= 4 is 43.1 Å². The van der Waals surface area contributed by atoms with Gasteiger partial charge in [-0.1, -0.05) is 46.3 Å². The molecule has 116 valence electrons. The molecule has 0 unspecified atom stereocenters. The van der Waals surface area contributed by atoms with Crippen molar-refractivity contribution < 1.29 is 0 Å². The Kier molecular flexibility index (Phi) is 3.11. The van der Waals surface area contributed by atoms with Crippen molar-refractivity contribution in [1.29, 1.82) is 0 Å². The number of nitrogens with one attached hydrogen (secondary N) is 1. The molecule has 5 aromatic rings. The van der Waals surface area contributed by atoms with Crippen molar-refractivity contribution in [2.24, 2.45) is 0 Å². The Labute approximate surface area is 150 Å². The van der Waals surface area contributed by atoms with Gasteiger partial charge in [0.2, 0.25) is 0 Å². The number of hydrogen-bond donors (Lipinski definition) is 1. The molecule has 0 saturated carbocycles. The van der Waals surface area contributed by atoms with Crippen molar-refractivity contribution in [3.05, 3.63) is 70.8 Å². The van der Waals surface area contributed by atoms with Gasteiger partial charge < -0.3 is 4.98 Å². The van der Waals surface area contributed by atoms with Crippen LogP contribution < -0.4 is 0 Å². The lowest BCUT2D eigenvalue weighted by Gasteiger charge is -1.99. The molecule has 3 heterocycles. The first kappa shape index (κ1) is 14.0. The van der Waals surface area contributed by atoms with E-state index in [0.717, 1.165) is 31.9 Å². The van der Waals surface area contributed by atoms with E-state index >= 15 is 0 Å². The van der Waals surface area contributed by atoms with E-state index in [1.807, 2.05) is 18.2 Å². The highest BCUT2D eigenvalue weighted by Gasteiger charge is 2.14. The third-order valence-electron chi connectivity index (χ3n) is 4.20. The molecule has 0 aliphatic carbocycles. The van der Waals surface area contributed by atoms with Crippen LogP contribution in [-0.2, 0) is 0 Å². The largest absolute Gasteiger partial charge is 0.360 e. The number of halogens is 1. The summed E-state index contributed by atoms with van der Waals surface area (Å²) < 4.78 is 3.26. The maximum atomic E-state index is 4.77. The monoisotopic (exact) mass is 393 g/mol. The summed E-state index contributed by atoms with van der Waals surface area (Å²) in [5, 5.41) is 3.37. The van der Waals surface area contributed by atoms with Gasteiger partial charge in [-0.3, -0.25) is 4.40 Å². The second-order valence-corrected chi connectivity index (χ2v) is 7.41. The molecule has 0 amide bonds. The lowest BCUT2D eigenvalue weighted by molar-refractivity contribution is 1.24. The van der Waals surface area contributed by atoms with Crippen LogP contribution in [0.2, 0.25) is 0 Å². The summed E-state index contributed by atoms with van der Waals surface area (Å²) in [5.41, 5.74) is 5.63. The summed E-state index contributed by atoms with van der Waals surface area (Å²) in [6.07, 6.45) is 4.19. The highest BCUT2D eigenvalue weighted by atomic mass is 79.9. The zero-order chi connectivity index (χ0) is 16.1. The average Bonchev–Trinajstić information content (AvgIpc) is 3.29. The first-order valence-electron chi connectivity index (χ1n) is 7.58. The maximum absolute atomic E-state index is 4.77. The predicted molar refractivity (Wildman–Crippen MR) is 103 cm³/mol. The highest BCUT2D eigenvalue weighted by Crippen LogP contribution is 2.34. The quantitative estimate of drug-likeness (QED) is 0.393. The number of aromatic nitrogens is 3. The Morgan fingerprint density at radius 3 is 2.83 bits per heavy atom. The fraction of sp³-hybridized carbons (Fsp3) is 0. The van der Waals surface area contributed by atoms with Crippen LogP contribution in [0.3, 0.4) is 0 Å². The maximum Gasteiger partial charge on any atom is 0.194 e. The number of imidazole rings is 1. The lowest BCUT2D eigenvalue weighted by atomic mass is 10.1. The molecular formula is C19H12BrN3S. The van der Waals surface area contributed by atoms with Gasteiger partial charge in [0, 0.05) is 44.3 Å². The van der Waals surface area contributed by atoms with Gasteiger partial charge in [-0.2, -0.15) is 0 Å². The molecule has 0 aliphatic rings. The van der Waals surface area contributed by atoms with E-state index in [4.69, 9.17) is 4.98 Å². The molecule has 0 atom stereocenters. The van der Waals surface area contributed by atoms with Gasteiger partial charge in [-0.05, 0) is 18.2 Å². The molecule has 5 rings (SSSR count). The summed E-state index contributed by atoms with van der Waals surface area (Å²) in [4.78, 5) is 9.14. The summed E-state index contributed by atoms with van der Waals surface area (Å²) in [7, 11) is 0. The van der Waals surface area contributed by atoms with E-state index in [-0.39, 0.29) is 0 Å². The van der Waals surface area contributed by atoms with Gasteiger partial charge in [0.25, 0.3) is 0 Å². The molecule has 1 N–H and O–H groups in total. The number of thiazole rings is 1. The molecule has 0 spiro atoms. The molecular weight excluding hydrogens is 382 g/mol. The number of aromatic amines is 1. The zero-order valence-corrected chi connectivity index (χ0v) is 14.9. The molecule has 0 fully saturated rings. The smallest absolute Gasteiger partial charge is 0.194 e. The van der Waals surface area contributed by atoms with E-state index in [0.29, 0.717) is 0 Å². The minimum absolute atomic E-state index is 1.00. The molecule has 0 radical (unpaired) electrons. The SMILES string of the molecule is Brc1ccc2[nH]cc(-c3csc4nc(-c5ccccc5)cn34)c2c1. The second kappa shape index (κ2) is 5.33. The van der Waals surface area contributed by atoms with Crippen molar-refractivity contribution in [2.45, 2.75) is 0 Å². The van der Waals surface area contributed by atoms with Crippen LogP contribution in [0.25, 0.3) is 38.4 Å². The molecule has 0 aliphatic heterocycles. The van der Waals surface area contributed by atoms with Crippen LogP contribution in [-0.4, -0.2) is 14.4 Å². The van der Waals surface area contributed by atoms with Gasteiger partial charge in [0.1, 0.15) is 0 Å². The van der Waals surface area contributed by atoms with Gasteiger partial charge >= 0.3 is 0 Å². The van der Waals surface area contributed by atoms with Gasteiger partial charge in [-0.25, -0.2) is 4.98 Å². The topological polar surface area (TPSA) is 33.1 Å². The van der Waals surface area contributed by atoms with Crippen LogP contribution >= 0.6 is 27.3 Å². The number of hydrogen-bond acceptors (Lipinski definition) is 2. The van der Waals surface area contributed by atoms with Crippen molar-refractivity contribution in [3.8, 4) is 22.5 Å². The number of fused-ring (bicyclic) bond motifs is 2. The summed E-state index contributed by atoms with van der Waals surface area (Å²) >= 11 is 5.24. The van der Waals surface area contributed by atoms with Crippen molar-refractivity contribution in [3.63, 3.8) is 0 Å². The van der Waals surface area contributed by atoms with E-state index in [9.17, 15) is 0 Å². The Balaban J connectivity index is 1.72. The Hall–Kier alpha value is -2.37. The first-order chi connectivity index (χ1) is 11.8. The van der Waals surface area contributed by atoms with E-state index in [2.05, 4.69) is 73.4 Å². The normalized spacial score (nSPS) is 11.5. The second-order valence-electron chi connectivity index (χ2n) is 5.66. The molecule has 3 nitrogen and oxygen atoms in total. The van der Waals surface area contributed by atoms with E-state index < -0.39 is 0 Å². The number of benzene rings is 2. The summed E-state index contributed by atoms with van der Waals surface area (Å²) in [6, 6.07) is 16.6. The molecule has 0 saturated heterocycles. The predicted octanol–water partition coefficient (Wildman–Crippen LogP) is 5.97. The third-order valence-corrected chi connectivity index (χ3v) is 5.53. The fourth-order valence-corrected chi connectivity index (χ4v) is 4.26. The van der Waals surface area contributed by atoms with E-state index in [1.165, 1.54) is 10.9 Å². The number of H-pyrrole nitrogens is 1. The van der Waals surface area contributed by atoms with E-state index in [1.54, 1.807) is 11.3 Å². The average molecular weight is 394 g/mol. The Morgan fingerprint density at radius 1 is 1.08 bits per heavy atom. The van der Waals surface area contributed by atoms with Gasteiger partial charge in [0.15, 0.2) is 4.96 Å². The first-order valence-corrected chi connectivity index (χ1v) is 9.26. The molecule has 3 aromatic heterocycles. The molecule has 5 heteroatoms. The van der Waals surface area contributed by atoms with Crippen LogP contribution in [0.5, 0.6) is 0 Å². The molecule has 24 heavy (non-hydrogen) atoms. The van der Waals surface area contributed by atoms with Crippen LogP contribution in [0.4, 0.5) is 0 Å².